The Balaban J connectivity index is 3.31. The van der Waals surface area contributed by atoms with E-state index >= 15 is 0 Å². The summed E-state index contributed by atoms with van der Waals surface area (Å²) in [6, 6.07) is 0. The van der Waals surface area contributed by atoms with Crippen molar-refractivity contribution in [3.8, 4) is 0 Å². The molecule has 0 fully saturated rings. The van der Waals surface area contributed by atoms with Gasteiger partial charge in [0.2, 0.25) is 6.43 Å². The fourth-order valence-corrected chi connectivity index (χ4v) is 1.92. The molecule has 12 heavy (non-hydrogen) atoms. The highest BCUT2D eigenvalue weighted by Crippen LogP contribution is 2.18. The monoisotopic (exact) mass is 242 g/mol. The Morgan fingerprint density at radius 1 is 1.17 bits per heavy atom. The van der Waals surface area contributed by atoms with Gasteiger partial charge in [0.1, 0.15) is 0 Å². The van der Waals surface area contributed by atoms with Crippen LogP contribution in [-0.4, -0.2) is 11.8 Å². The predicted molar refractivity (Wildman–Crippen MR) is 52.0 cm³/mol. The molecule has 0 aromatic carbocycles. The Morgan fingerprint density at radius 2 is 1.83 bits per heavy atom. The van der Waals surface area contributed by atoms with Crippen LogP contribution >= 0.6 is 15.9 Å². The molecular formula is C9H17BrF2. The maximum atomic E-state index is 11.8. The Morgan fingerprint density at radius 3 is 2.25 bits per heavy atom. The molecule has 0 aliphatic carbocycles. The minimum absolute atomic E-state index is 0.0627. The fraction of sp³-hybridized carbons (Fsp3) is 1.00. The van der Waals surface area contributed by atoms with Gasteiger partial charge in [0.25, 0.3) is 0 Å². The maximum absolute atomic E-state index is 11.8. The lowest BCUT2D eigenvalue weighted by molar-refractivity contribution is 0.132. The highest BCUT2D eigenvalue weighted by molar-refractivity contribution is 9.09. The van der Waals surface area contributed by atoms with Crippen molar-refractivity contribution in [2.24, 2.45) is 5.92 Å². The molecule has 0 radical (unpaired) electrons. The molecule has 0 saturated carbocycles. The van der Waals surface area contributed by atoms with Crippen LogP contribution < -0.4 is 0 Å². The summed E-state index contributed by atoms with van der Waals surface area (Å²) in [6.07, 6.45) is 1.83. The average Bonchev–Trinajstić information content (AvgIpc) is 2.02. The summed E-state index contributed by atoms with van der Waals surface area (Å²) in [5.74, 6) is 0.591. The number of hydrogen-bond acceptors (Lipinski definition) is 0. The second-order valence-corrected chi connectivity index (χ2v) is 3.78. The largest absolute Gasteiger partial charge is 0.238 e. The molecule has 0 aliphatic rings. The van der Waals surface area contributed by atoms with Crippen LogP contribution in [0.4, 0.5) is 8.78 Å². The van der Waals surface area contributed by atoms with Crippen molar-refractivity contribution < 1.29 is 8.78 Å². The molecule has 0 heterocycles. The van der Waals surface area contributed by atoms with E-state index in [-0.39, 0.29) is 6.42 Å². The average molecular weight is 243 g/mol. The zero-order chi connectivity index (χ0) is 9.40. The van der Waals surface area contributed by atoms with Gasteiger partial charge in [-0.1, -0.05) is 29.3 Å². The molecule has 0 aromatic heterocycles. The van der Waals surface area contributed by atoms with E-state index in [0.717, 1.165) is 24.6 Å². The first-order valence-corrected chi connectivity index (χ1v) is 5.67. The quantitative estimate of drug-likeness (QED) is 0.587. The van der Waals surface area contributed by atoms with Crippen LogP contribution in [0.15, 0.2) is 0 Å². The number of hydrogen-bond donors (Lipinski definition) is 0. The van der Waals surface area contributed by atoms with Crippen LogP contribution in [0.2, 0.25) is 0 Å². The first kappa shape index (κ1) is 12.3. The van der Waals surface area contributed by atoms with Crippen molar-refractivity contribution in [2.45, 2.75) is 45.5 Å². The molecule has 0 saturated heterocycles. The Kier molecular flexibility index (Phi) is 8.19. The smallest absolute Gasteiger partial charge is 0.211 e. The summed E-state index contributed by atoms with van der Waals surface area (Å²) in [5.41, 5.74) is 0. The van der Waals surface area contributed by atoms with Gasteiger partial charge >= 0.3 is 0 Å². The zero-order valence-electron chi connectivity index (χ0n) is 7.53. The summed E-state index contributed by atoms with van der Waals surface area (Å²) in [6.45, 7) is 2.13. The Hall–Kier alpha value is 0.340. The molecule has 3 heteroatoms. The highest BCUT2D eigenvalue weighted by Gasteiger charge is 2.08. The van der Waals surface area contributed by atoms with Crippen LogP contribution in [0.3, 0.4) is 0 Å². The molecule has 0 N–H and O–H groups in total. The molecular weight excluding hydrogens is 226 g/mol. The second-order valence-electron chi connectivity index (χ2n) is 3.13. The molecule has 0 bridgehead atoms. The summed E-state index contributed by atoms with van der Waals surface area (Å²) in [5, 5.41) is 0.948. The van der Waals surface area contributed by atoms with E-state index in [4.69, 9.17) is 0 Å². The van der Waals surface area contributed by atoms with Gasteiger partial charge in [0, 0.05) is 11.8 Å². The molecule has 0 rings (SSSR count). The van der Waals surface area contributed by atoms with E-state index in [1.807, 2.05) is 0 Å². The van der Waals surface area contributed by atoms with Gasteiger partial charge in [-0.05, 0) is 25.2 Å². The number of rotatable bonds is 7. The van der Waals surface area contributed by atoms with Crippen molar-refractivity contribution in [1.82, 2.24) is 0 Å². The van der Waals surface area contributed by atoms with Gasteiger partial charge in [-0.25, -0.2) is 8.78 Å². The van der Waals surface area contributed by atoms with Crippen molar-refractivity contribution >= 4 is 15.9 Å². The summed E-state index contributed by atoms with van der Waals surface area (Å²) >= 11 is 3.40. The molecule has 1 atom stereocenters. The Labute approximate surface area is 81.9 Å². The van der Waals surface area contributed by atoms with Gasteiger partial charge in [0.15, 0.2) is 0 Å². The van der Waals surface area contributed by atoms with Crippen molar-refractivity contribution in [2.75, 3.05) is 5.33 Å². The molecule has 74 valence electrons. The molecule has 0 aromatic rings. The predicted octanol–water partition coefficient (Wildman–Crippen LogP) is 4.23. The molecule has 0 amide bonds. The molecule has 0 aliphatic heterocycles. The lowest BCUT2D eigenvalue weighted by Gasteiger charge is -2.11. The van der Waals surface area contributed by atoms with Crippen molar-refractivity contribution in [1.29, 1.82) is 0 Å². The second kappa shape index (κ2) is 7.96. The van der Waals surface area contributed by atoms with Crippen LogP contribution in [0, 0.1) is 5.92 Å². The third kappa shape index (κ3) is 7.01. The van der Waals surface area contributed by atoms with Crippen molar-refractivity contribution in [3.05, 3.63) is 0 Å². The molecule has 1 unspecified atom stereocenters. The lowest BCUT2D eigenvalue weighted by atomic mass is 9.99. The van der Waals surface area contributed by atoms with E-state index in [1.165, 1.54) is 0 Å². The van der Waals surface area contributed by atoms with E-state index < -0.39 is 6.43 Å². The summed E-state index contributed by atoms with van der Waals surface area (Å²) < 4.78 is 23.5. The molecule has 0 nitrogen and oxygen atoms in total. The van der Waals surface area contributed by atoms with Crippen molar-refractivity contribution in [3.63, 3.8) is 0 Å². The first-order chi connectivity index (χ1) is 5.70. The number of alkyl halides is 3. The minimum atomic E-state index is -2.12. The Bertz CT molecular complexity index is 96.5. The van der Waals surface area contributed by atoms with E-state index in [1.54, 1.807) is 0 Å². The van der Waals surface area contributed by atoms with Gasteiger partial charge in [-0.3, -0.25) is 0 Å². The number of halogens is 3. The maximum Gasteiger partial charge on any atom is 0.238 e. The normalized spacial score (nSPS) is 13.8. The fourth-order valence-electron chi connectivity index (χ4n) is 1.27. The first-order valence-electron chi connectivity index (χ1n) is 4.54. The summed E-state index contributed by atoms with van der Waals surface area (Å²) in [4.78, 5) is 0. The minimum Gasteiger partial charge on any atom is -0.211 e. The van der Waals surface area contributed by atoms with Crippen LogP contribution in [-0.2, 0) is 0 Å². The van der Waals surface area contributed by atoms with Gasteiger partial charge < -0.3 is 0 Å². The third-order valence-electron chi connectivity index (χ3n) is 1.95. The topological polar surface area (TPSA) is 0 Å². The zero-order valence-corrected chi connectivity index (χ0v) is 9.12. The van der Waals surface area contributed by atoms with Gasteiger partial charge in [-0.2, -0.15) is 0 Å². The highest BCUT2D eigenvalue weighted by atomic mass is 79.9. The SMILES string of the molecule is CCCC(CBr)CCCC(F)F. The summed E-state index contributed by atoms with van der Waals surface area (Å²) in [7, 11) is 0. The standard InChI is InChI=1S/C9H17BrF2/c1-2-4-8(7-10)5-3-6-9(11)12/h8-9H,2-7H2,1H3. The van der Waals surface area contributed by atoms with Gasteiger partial charge in [0.05, 0.1) is 0 Å². The van der Waals surface area contributed by atoms with E-state index in [9.17, 15) is 8.78 Å². The van der Waals surface area contributed by atoms with Crippen LogP contribution in [0.1, 0.15) is 39.0 Å². The van der Waals surface area contributed by atoms with Crippen LogP contribution in [0.5, 0.6) is 0 Å². The van der Waals surface area contributed by atoms with E-state index in [0.29, 0.717) is 12.3 Å². The van der Waals surface area contributed by atoms with Crippen LogP contribution in [0.25, 0.3) is 0 Å². The lowest BCUT2D eigenvalue weighted by Crippen LogP contribution is -2.02. The van der Waals surface area contributed by atoms with E-state index in [2.05, 4.69) is 22.9 Å². The van der Waals surface area contributed by atoms with Gasteiger partial charge in [-0.15, -0.1) is 0 Å². The molecule has 0 spiro atoms. The third-order valence-corrected chi connectivity index (χ3v) is 2.87.